The molecule has 2 aromatic carbocycles. The summed E-state index contributed by atoms with van der Waals surface area (Å²) in [6, 6.07) is 13.5. The van der Waals surface area contributed by atoms with Crippen molar-refractivity contribution in [2.45, 2.75) is 97.1 Å². The van der Waals surface area contributed by atoms with Crippen molar-refractivity contribution in [2.24, 2.45) is 4.99 Å². The van der Waals surface area contributed by atoms with Crippen molar-refractivity contribution < 1.29 is 9.47 Å². The van der Waals surface area contributed by atoms with Crippen molar-refractivity contribution in [3.05, 3.63) is 58.7 Å². The fourth-order valence-electron chi connectivity index (χ4n) is 4.45. The molecule has 0 N–H and O–H groups in total. The first kappa shape index (κ1) is 29.5. The minimum absolute atomic E-state index is 0.0365. The monoisotopic (exact) mass is 497 g/mol. The number of nitrogens with zero attached hydrogens (tertiary/aromatic N) is 1. The van der Waals surface area contributed by atoms with Crippen LogP contribution in [0.1, 0.15) is 103 Å². The van der Waals surface area contributed by atoms with Crippen LogP contribution >= 0.6 is 8.58 Å². The summed E-state index contributed by atoms with van der Waals surface area (Å²) in [6.07, 6.45) is 6.73. The number of hydrogen-bond acceptors (Lipinski definition) is 3. The summed E-state index contributed by atoms with van der Waals surface area (Å²) < 4.78 is 11.8. The van der Waals surface area contributed by atoms with Crippen LogP contribution in [0, 0.1) is 0 Å². The highest BCUT2D eigenvalue weighted by molar-refractivity contribution is 7.48. The summed E-state index contributed by atoms with van der Waals surface area (Å²) in [4.78, 5) is 4.33. The Labute approximate surface area is 216 Å². The van der Waals surface area contributed by atoms with E-state index in [1.807, 2.05) is 13.3 Å². The molecule has 0 aliphatic carbocycles. The van der Waals surface area contributed by atoms with E-state index in [9.17, 15) is 0 Å². The molecule has 0 spiro atoms. The lowest BCUT2D eigenvalue weighted by Gasteiger charge is -2.37. The molecule has 0 bridgehead atoms. The molecule has 2 rings (SSSR count). The van der Waals surface area contributed by atoms with Crippen LogP contribution in [0.25, 0.3) is 0 Å². The van der Waals surface area contributed by atoms with Gasteiger partial charge in [-0.1, -0.05) is 120 Å². The van der Waals surface area contributed by atoms with Gasteiger partial charge in [-0.2, -0.15) is 0 Å². The highest BCUT2D eigenvalue weighted by Gasteiger charge is 2.35. The molecular weight excluding hydrogens is 449 g/mol. The number of benzene rings is 2. The van der Waals surface area contributed by atoms with Gasteiger partial charge in [-0.15, -0.1) is 0 Å². The van der Waals surface area contributed by atoms with E-state index in [4.69, 9.17) is 9.47 Å². The van der Waals surface area contributed by atoms with Crippen LogP contribution in [-0.2, 0) is 20.7 Å². The quantitative estimate of drug-likeness (QED) is 0.136. The Kier molecular flexibility index (Phi) is 10.6. The van der Waals surface area contributed by atoms with Crippen LogP contribution < -0.4 is 10.0 Å². The van der Waals surface area contributed by atoms with Crippen LogP contribution in [0.4, 0.5) is 0 Å². The number of unbranched alkanes of at least 4 members (excludes halogenated alkanes) is 2. The Morgan fingerprint density at radius 2 is 1.57 bits per heavy atom. The standard InChI is InChI=1S/C31H48NO2P/c1-11-12-15-18-31(8,35-27-17-14-13-16-23(27)21-32-9)26-20-24(29(2,3)4)19-25(30(5,6)7)28(26)34-22-33-10/h13-14,16-17,19-21,35H,11-12,15,18,22H2,1-10H3. The van der Waals surface area contributed by atoms with Crippen LogP contribution in [0.3, 0.4) is 0 Å². The SMILES string of the molecule is CCCCCC(C)(Pc1ccccc1C=NC)c1cc(C(C)(C)C)cc(C(C)(C)C)c1OCOC. The molecule has 2 aromatic rings. The van der Waals surface area contributed by atoms with Crippen LogP contribution in [0.5, 0.6) is 5.75 Å². The van der Waals surface area contributed by atoms with Crippen molar-refractivity contribution in [2.75, 3.05) is 21.0 Å². The Morgan fingerprint density at radius 1 is 0.914 bits per heavy atom. The fraction of sp³-hybridized carbons (Fsp3) is 0.581. The van der Waals surface area contributed by atoms with Crippen molar-refractivity contribution in [3.63, 3.8) is 0 Å². The molecule has 2 atom stereocenters. The molecule has 194 valence electrons. The Bertz CT molecular complexity index is 984. The summed E-state index contributed by atoms with van der Waals surface area (Å²) in [7, 11) is 4.14. The van der Waals surface area contributed by atoms with Gasteiger partial charge in [0.25, 0.3) is 0 Å². The van der Waals surface area contributed by atoms with Crippen molar-refractivity contribution in [1.82, 2.24) is 0 Å². The molecule has 0 heterocycles. The fourth-order valence-corrected chi connectivity index (χ4v) is 6.14. The van der Waals surface area contributed by atoms with Gasteiger partial charge in [-0.05, 0) is 33.7 Å². The van der Waals surface area contributed by atoms with Gasteiger partial charge in [0.15, 0.2) is 6.79 Å². The minimum atomic E-state index is -0.0722. The van der Waals surface area contributed by atoms with Gasteiger partial charge < -0.3 is 9.47 Å². The van der Waals surface area contributed by atoms with Crippen LogP contribution in [0.15, 0.2) is 41.4 Å². The van der Waals surface area contributed by atoms with Gasteiger partial charge in [0.2, 0.25) is 0 Å². The third-order valence-electron chi connectivity index (χ3n) is 6.60. The third kappa shape index (κ3) is 7.89. The van der Waals surface area contributed by atoms with Crippen LogP contribution in [-0.4, -0.2) is 27.2 Å². The van der Waals surface area contributed by atoms with Gasteiger partial charge in [0.05, 0.1) is 0 Å². The van der Waals surface area contributed by atoms with Crippen molar-refractivity contribution in [1.29, 1.82) is 0 Å². The molecule has 35 heavy (non-hydrogen) atoms. The maximum absolute atomic E-state index is 6.44. The Hall–Kier alpha value is -1.70. The first-order chi connectivity index (χ1) is 16.4. The molecule has 2 unspecified atom stereocenters. The average Bonchev–Trinajstić information content (AvgIpc) is 2.77. The molecule has 0 saturated carbocycles. The number of hydrogen-bond donors (Lipinski definition) is 0. The third-order valence-corrected chi connectivity index (χ3v) is 8.39. The molecule has 0 aliphatic heterocycles. The molecule has 0 aliphatic rings. The summed E-state index contributed by atoms with van der Waals surface area (Å²) in [6.45, 7) is 18.7. The van der Waals surface area contributed by atoms with Gasteiger partial charge >= 0.3 is 0 Å². The van der Waals surface area contributed by atoms with Gasteiger partial charge in [-0.3, -0.25) is 4.99 Å². The van der Waals surface area contributed by atoms with E-state index < -0.39 is 0 Å². The molecule has 0 radical (unpaired) electrons. The Morgan fingerprint density at radius 3 is 2.14 bits per heavy atom. The van der Waals surface area contributed by atoms with E-state index in [1.54, 1.807) is 7.11 Å². The predicted octanol–water partition coefficient (Wildman–Crippen LogP) is 8.11. The van der Waals surface area contributed by atoms with E-state index in [-0.39, 0.29) is 22.8 Å². The second-order valence-electron chi connectivity index (χ2n) is 11.8. The summed E-state index contributed by atoms with van der Waals surface area (Å²) in [5.41, 5.74) is 5.11. The second-order valence-corrected chi connectivity index (χ2v) is 13.7. The van der Waals surface area contributed by atoms with E-state index in [0.717, 1.165) is 12.2 Å². The average molecular weight is 498 g/mol. The van der Waals surface area contributed by atoms with Gasteiger partial charge in [0.1, 0.15) is 5.75 Å². The van der Waals surface area contributed by atoms with E-state index in [2.05, 4.69) is 96.8 Å². The number of ether oxygens (including phenoxy) is 2. The van der Waals surface area contributed by atoms with Crippen molar-refractivity contribution in [3.8, 4) is 5.75 Å². The molecule has 0 amide bonds. The maximum atomic E-state index is 6.44. The normalized spacial score (nSPS) is 14.7. The van der Waals surface area contributed by atoms with Gasteiger partial charge in [0, 0.05) is 36.7 Å². The zero-order valence-electron chi connectivity index (χ0n) is 23.8. The number of aliphatic imine (C=N–C) groups is 1. The van der Waals surface area contributed by atoms with Crippen LogP contribution in [0.2, 0.25) is 0 Å². The molecule has 4 heteroatoms. The number of rotatable bonds is 11. The van der Waals surface area contributed by atoms with Crippen molar-refractivity contribution >= 4 is 20.1 Å². The van der Waals surface area contributed by atoms with Gasteiger partial charge in [-0.25, -0.2) is 0 Å². The maximum Gasteiger partial charge on any atom is 0.188 e. The number of methoxy groups -OCH3 is 1. The molecular formula is C31H48NO2P. The second kappa shape index (κ2) is 12.5. The lowest BCUT2D eigenvalue weighted by atomic mass is 9.76. The zero-order chi connectivity index (χ0) is 26.3. The van der Waals surface area contributed by atoms with E-state index in [0.29, 0.717) is 8.58 Å². The lowest BCUT2D eigenvalue weighted by molar-refractivity contribution is 0.0486. The topological polar surface area (TPSA) is 30.8 Å². The minimum Gasteiger partial charge on any atom is -0.467 e. The molecule has 0 saturated heterocycles. The van der Waals surface area contributed by atoms with E-state index in [1.165, 1.54) is 46.8 Å². The predicted molar refractivity (Wildman–Crippen MR) is 156 cm³/mol. The molecule has 3 nitrogen and oxygen atoms in total. The first-order valence-corrected chi connectivity index (χ1v) is 14.0. The summed E-state index contributed by atoms with van der Waals surface area (Å²) >= 11 is 0. The molecule has 0 aromatic heterocycles. The van der Waals surface area contributed by atoms with E-state index >= 15 is 0 Å². The molecule has 0 fully saturated rings. The summed E-state index contributed by atoms with van der Waals surface area (Å²) in [5, 5.41) is 1.28. The first-order valence-electron chi connectivity index (χ1n) is 13.0. The highest BCUT2D eigenvalue weighted by Crippen LogP contribution is 2.52. The lowest BCUT2D eigenvalue weighted by Crippen LogP contribution is -2.26. The summed E-state index contributed by atoms with van der Waals surface area (Å²) in [5.74, 6) is 1.00. The Balaban J connectivity index is 2.84. The highest BCUT2D eigenvalue weighted by atomic mass is 31.1. The smallest absolute Gasteiger partial charge is 0.188 e. The largest absolute Gasteiger partial charge is 0.467 e. The zero-order valence-corrected chi connectivity index (χ0v) is 24.8.